The summed E-state index contributed by atoms with van der Waals surface area (Å²) in [5.74, 6) is 10.6. The highest BCUT2D eigenvalue weighted by atomic mass is 35.5. The number of halogens is 8. The topological polar surface area (TPSA) is 104 Å². The minimum Gasteiger partial charge on any atom is -0.224 e. The number of nitrogens with zero attached hydrogens (tertiary/aromatic N) is 4. The van der Waals surface area contributed by atoms with Gasteiger partial charge in [-0.3, -0.25) is 0 Å². The number of sulfone groups is 2. The highest BCUT2D eigenvalue weighted by Gasteiger charge is 2.36. The lowest BCUT2D eigenvalue weighted by molar-refractivity contribution is -0.142. The van der Waals surface area contributed by atoms with E-state index >= 15 is 0 Å². The Kier molecular flexibility index (Phi) is 10.7. The number of benzene rings is 4. The fourth-order valence-corrected chi connectivity index (χ4v) is 7.29. The number of aromatic nitrogens is 4. The Morgan fingerprint density at radius 1 is 0.571 bits per heavy atom. The summed E-state index contributed by atoms with van der Waals surface area (Å²) in [6.07, 6.45) is -7.69. The van der Waals surface area contributed by atoms with Crippen LogP contribution in [0.3, 0.4) is 0 Å². The molecule has 0 bridgehead atoms. The molecular weight excluding hydrogens is 825 g/mol. The van der Waals surface area contributed by atoms with Crippen molar-refractivity contribution in [3.05, 3.63) is 141 Å². The van der Waals surface area contributed by atoms with Crippen molar-refractivity contribution in [3.8, 4) is 46.2 Å². The Morgan fingerprint density at radius 3 is 1.59 bits per heavy atom. The van der Waals surface area contributed by atoms with Gasteiger partial charge in [-0.05, 0) is 78.1 Å². The van der Waals surface area contributed by atoms with E-state index in [9.17, 15) is 43.2 Å². The zero-order chi connectivity index (χ0) is 40.8. The summed E-state index contributed by atoms with van der Waals surface area (Å²) in [4.78, 5) is -0.197. The summed E-state index contributed by atoms with van der Waals surface area (Å²) in [7, 11) is -7.48. The van der Waals surface area contributed by atoms with Gasteiger partial charge in [0.2, 0.25) is 0 Å². The van der Waals surface area contributed by atoms with Crippen molar-refractivity contribution in [1.29, 1.82) is 0 Å². The van der Waals surface area contributed by atoms with Gasteiger partial charge < -0.3 is 0 Å². The first-order chi connectivity index (χ1) is 26.1. The molecule has 8 nitrogen and oxygen atoms in total. The van der Waals surface area contributed by atoms with Gasteiger partial charge in [-0.2, -0.15) is 36.5 Å². The van der Waals surface area contributed by atoms with Crippen LogP contribution < -0.4 is 0 Å². The van der Waals surface area contributed by atoms with E-state index in [1.54, 1.807) is 12.1 Å². The fourth-order valence-electron chi connectivity index (χ4n) is 5.26. The van der Waals surface area contributed by atoms with Crippen LogP contribution in [0.15, 0.2) is 107 Å². The Balaban J connectivity index is 1.38. The normalized spacial score (nSPS) is 12.1. The van der Waals surface area contributed by atoms with Crippen molar-refractivity contribution >= 4 is 42.9 Å². The molecule has 2 aromatic heterocycles. The van der Waals surface area contributed by atoms with Gasteiger partial charge in [-0.1, -0.05) is 59.3 Å². The summed E-state index contributed by atoms with van der Waals surface area (Å²) in [5, 5.41) is 7.29. The molecule has 286 valence electrons. The molecule has 0 aliphatic heterocycles. The highest BCUT2D eigenvalue weighted by molar-refractivity contribution is 7.91. The molecule has 0 aliphatic rings. The maximum atomic E-state index is 13.8. The first kappa shape index (κ1) is 40.2. The Bertz CT molecular complexity index is 2880. The second kappa shape index (κ2) is 14.9. The molecule has 56 heavy (non-hydrogen) atoms. The first-order valence-corrected chi connectivity index (χ1v) is 20.2. The highest BCUT2D eigenvalue weighted by Crippen LogP contribution is 2.35. The Morgan fingerprint density at radius 2 is 1.09 bits per heavy atom. The molecule has 0 aliphatic carbocycles. The summed E-state index contributed by atoms with van der Waals surface area (Å²) >= 11 is 12.8. The molecule has 0 fully saturated rings. The molecule has 4 aromatic carbocycles. The minimum absolute atomic E-state index is 0.0283. The third-order valence-electron chi connectivity index (χ3n) is 7.90. The smallest absolute Gasteiger partial charge is 0.224 e. The van der Waals surface area contributed by atoms with Crippen molar-refractivity contribution in [2.24, 2.45) is 0 Å². The Labute approximate surface area is 326 Å². The molecule has 6 rings (SSSR count). The summed E-state index contributed by atoms with van der Waals surface area (Å²) in [6, 6.07) is 21.0. The predicted molar refractivity (Wildman–Crippen MR) is 197 cm³/mol. The van der Waals surface area contributed by atoms with Gasteiger partial charge in [-0.15, -0.1) is 0 Å². The second-order valence-electron chi connectivity index (χ2n) is 12.0. The monoisotopic (exact) mass is 846 g/mol. The van der Waals surface area contributed by atoms with E-state index in [0.717, 1.165) is 34.0 Å². The maximum absolute atomic E-state index is 13.8. The largest absolute Gasteiger partial charge is 0.435 e. The lowest BCUT2D eigenvalue weighted by atomic mass is 10.0. The summed E-state index contributed by atoms with van der Waals surface area (Å²) < 4.78 is 134. The van der Waals surface area contributed by atoms with E-state index in [1.165, 1.54) is 72.8 Å². The van der Waals surface area contributed by atoms with Gasteiger partial charge in [0, 0.05) is 41.3 Å². The third kappa shape index (κ3) is 8.79. The third-order valence-corrected chi connectivity index (χ3v) is 10.8. The van der Waals surface area contributed by atoms with E-state index in [4.69, 9.17) is 23.2 Å². The predicted octanol–water partition coefficient (Wildman–Crippen LogP) is 8.68. The van der Waals surface area contributed by atoms with Crippen LogP contribution in [0.1, 0.15) is 33.9 Å². The van der Waals surface area contributed by atoms with Crippen molar-refractivity contribution in [2.45, 2.75) is 22.1 Å². The van der Waals surface area contributed by atoms with E-state index in [0.29, 0.717) is 5.56 Å². The van der Waals surface area contributed by atoms with Gasteiger partial charge in [0.1, 0.15) is 11.4 Å². The van der Waals surface area contributed by atoms with Gasteiger partial charge in [-0.25, -0.2) is 26.2 Å². The quantitative estimate of drug-likeness (QED) is 0.127. The number of hydrogen-bond acceptors (Lipinski definition) is 6. The van der Waals surface area contributed by atoms with Crippen LogP contribution in [0, 0.1) is 23.7 Å². The van der Waals surface area contributed by atoms with E-state index in [-0.39, 0.29) is 59.3 Å². The average molecular weight is 848 g/mol. The molecule has 0 unspecified atom stereocenters. The lowest BCUT2D eigenvalue weighted by Gasteiger charge is -2.12. The zero-order valence-electron chi connectivity index (χ0n) is 28.5. The van der Waals surface area contributed by atoms with E-state index < -0.39 is 43.4 Å². The van der Waals surface area contributed by atoms with Gasteiger partial charge in [0.15, 0.2) is 31.1 Å². The number of hydrogen-bond donors (Lipinski definition) is 0. The van der Waals surface area contributed by atoms with Crippen molar-refractivity contribution in [2.75, 3.05) is 12.5 Å². The fraction of sp³-hybridized carbons (Fsp3) is 0.105. The van der Waals surface area contributed by atoms with Crippen LogP contribution in [-0.4, -0.2) is 48.9 Å². The SMILES string of the molecule is CS(=O)(=O)c1ccc(C#Cc2cc(C(F)(F)F)nn2-c2ccc(-c3ccc(C#Cc4cc(C(F)(F)F)nn4-c4ccccc4Cl)cc3S(C)(=O)=O)cc2Cl)cc1. The first-order valence-electron chi connectivity index (χ1n) is 15.7. The molecule has 0 spiro atoms. The number of para-hydroxylation sites is 1. The molecule has 0 radical (unpaired) electrons. The molecular formula is C38H22Cl2F6N4O4S2. The molecule has 0 saturated heterocycles. The number of rotatable bonds is 5. The van der Waals surface area contributed by atoms with Crippen molar-refractivity contribution < 1.29 is 43.2 Å². The van der Waals surface area contributed by atoms with Gasteiger partial charge in [0.25, 0.3) is 0 Å². The van der Waals surface area contributed by atoms with Crippen LogP contribution >= 0.6 is 23.2 Å². The molecule has 0 atom stereocenters. The standard InChI is InChI=1S/C38H22Cl2F6N4O4S2/c1-55(51,52)28-15-9-23(10-16-28)7-13-26-21-36(38(44,45)46)48-50(26)33-18-12-25(20-31(33)40)29-17-11-24(19-34(29)56(2,53)54)8-14-27-22-35(37(41,42)43)47-49(27)32-6-4-3-5-30(32)39/h3-6,9-12,15-22H,1-2H3. The molecule has 2 heterocycles. The molecule has 0 N–H and O–H groups in total. The van der Waals surface area contributed by atoms with Crippen LogP contribution in [-0.2, 0) is 32.0 Å². The lowest BCUT2D eigenvalue weighted by Crippen LogP contribution is -2.08. The average Bonchev–Trinajstić information content (AvgIpc) is 3.75. The van der Waals surface area contributed by atoms with E-state index in [1.807, 2.05) is 0 Å². The van der Waals surface area contributed by atoms with Gasteiger partial charge in [0.05, 0.1) is 31.2 Å². The molecule has 0 amide bonds. The minimum atomic E-state index is -4.85. The van der Waals surface area contributed by atoms with Crippen LogP contribution in [0.5, 0.6) is 0 Å². The van der Waals surface area contributed by atoms with Crippen LogP contribution in [0.4, 0.5) is 26.3 Å². The summed E-state index contributed by atoms with van der Waals surface area (Å²) in [6.45, 7) is 0. The maximum Gasteiger partial charge on any atom is 0.435 e. The van der Waals surface area contributed by atoms with Crippen molar-refractivity contribution in [3.63, 3.8) is 0 Å². The number of alkyl halides is 6. The second-order valence-corrected chi connectivity index (χ2v) is 16.9. The molecule has 0 saturated carbocycles. The van der Waals surface area contributed by atoms with Gasteiger partial charge >= 0.3 is 12.4 Å². The molecule has 6 aromatic rings. The Hall–Kier alpha value is -5.52. The zero-order valence-corrected chi connectivity index (χ0v) is 31.6. The molecule has 18 heteroatoms. The van der Waals surface area contributed by atoms with E-state index in [2.05, 4.69) is 33.9 Å². The van der Waals surface area contributed by atoms with Crippen LogP contribution in [0.2, 0.25) is 10.0 Å². The summed E-state index contributed by atoms with van der Waals surface area (Å²) in [5.41, 5.74) is -1.98. The van der Waals surface area contributed by atoms with Crippen molar-refractivity contribution in [1.82, 2.24) is 19.6 Å². The van der Waals surface area contributed by atoms with Crippen LogP contribution in [0.25, 0.3) is 22.5 Å².